The van der Waals surface area contributed by atoms with Gasteiger partial charge in [-0.1, -0.05) is 29.3 Å². The third-order valence-corrected chi connectivity index (χ3v) is 3.41. The van der Waals surface area contributed by atoms with Crippen molar-refractivity contribution in [2.45, 2.75) is 0 Å². The Balaban J connectivity index is 1.74. The van der Waals surface area contributed by atoms with Gasteiger partial charge in [0.25, 0.3) is 0 Å². The molecule has 0 radical (unpaired) electrons. The maximum absolute atomic E-state index is 5.86. The zero-order valence-corrected chi connectivity index (χ0v) is 13.0. The summed E-state index contributed by atoms with van der Waals surface area (Å²) in [5, 5.41) is 1.35. The highest BCUT2D eigenvalue weighted by atomic mass is 35.5. The summed E-state index contributed by atoms with van der Waals surface area (Å²) in [5.41, 5.74) is 0. The van der Waals surface area contributed by atoms with Crippen LogP contribution < -0.4 is 9.47 Å². The minimum Gasteiger partial charge on any atom is -0.457 e. The average Bonchev–Trinajstić information content (AvgIpc) is 2.52. The topological polar surface area (TPSA) is 18.5 Å². The maximum Gasteiger partial charge on any atom is 0.131 e. The minimum absolute atomic E-state index is 0.673. The molecule has 3 rings (SSSR count). The van der Waals surface area contributed by atoms with E-state index in [1.165, 1.54) is 0 Å². The van der Waals surface area contributed by atoms with E-state index in [9.17, 15) is 0 Å². The maximum atomic E-state index is 5.86. The molecule has 0 atom stereocenters. The van der Waals surface area contributed by atoms with Gasteiger partial charge in [-0.05, 0) is 60.7 Å². The summed E-state index contributed by atoms with van der Waals surface area (Å²) >= 11 is 11.7. The van der Waals surface area contributed by atoms with Crippen molar-refractivity contribution in [1.82, 2.24) is 0 Å². The molecule has 0 saturated carbocycles. The lowest BCUT2D eigenvalue weighted by atomic mass is 10.3. The number of benzene rings is 3. The SMILES string of the molecule is Clc1ccc(Oc2cccc(Oc3ccc(Cl)cc3)c2)cc1. The molecule has 110 valence electrons. The van der Waals surface area contributed by atoms with Crippen molar-refractivity contribution in [1.29, 1.82) is 0 Å². The summed E-state index contributed by atoms with van der Waals surface area (Å²) < 4.78 is 11.5. The van der Waals surface area contributed by atoms with E-state index in [0.717, 1.165) is 0 Å². The molecule has 0 aromatic heterocycles. The lowest BCUT2D eigenvalue weighted by Crippen LogP contribution is -1.87. The standard InChI is InChI=1S/C18H12Cl2O2/c19-13-4-8-15(9-5-13)21-17-2-1-3-18(12-17)22-16-10-6-14(20)7-11-16/h1-12H. The molecule has 0 fully saturated rings. The van der Waals surface area contributed by atoms with E-state index in [-0.39, 0.29) is 0 Å². The van der Waals surface area contributed by atoms with Gasteiger partial charge in [0, 0.05) is 16.1 Å². The molecule has 4 heteroatoms. The first kappa shape index (κ1) is 14.8. The van der Waals surface area contributed by atoms with Gasteiger partial charge in [-0.25, -0.2) is 0 Å². The monoisotopic (exact) mass is 330 g/mol. The zero-order chi connectivity index (χ0) is 15.4. The van der Waals surface area contributed by atoms with Crippen LogP contribution in [0.1, 0.15) is 0 Å². The molecule has 3 aromatic rings. The van der Waals surface area contributed by atoms with Gasteiger partial charge >= 0.3 is 0 Å². The summed E-state index contributed by atoms with van der Waals surface area (Å²) in [7, 11) is 0. The van der Waals surface area contributed by atoms with Crippen molar-refractivity contribution in [3.05, 3.63) is 82.8 Å². The molecule has 0 spiro atoms. The first-order chi connectivity index (χ1) is 10.7. The molecule has 0 aliphatic heterocycles. The number of rotatable bonds is 4. The Labute approximate surface area is 138 Å². The van der Waals surface area contributed by atoms with Gasteiger partial charge in [0.15, 0.2) is 0 Å². The molecule has 0 amide bonds. The second-order valence-electron chi connectivity index (χ2n) is 4.59. The molecule has 0 N–H and O–H groups in total. The largest absolute Gasteiger partial charge is 0.457 e. The van der Waals surface area contributed by atoms with Gasteiger partial charge in [0.1, 0.15) is 23.0 Å². The van der Waals surface area contributed by atoms with Crippen molar-refractivity contribution in [2.75, 3.05) is 0 Å². The predicted molar refractivity (Wildman–Crippen MR) is 89.5 cm³/mol. The second-order valence-corrected chi connectivity index (χ2v) is 5.46. The Morgan fingerprint density at radius 2 is 0.909 bits per heavy atom. The van der Waals surface area contributed by atoms with Crippen molar-refractivity contribution in [2.24, 2.45) is 0 Å². The van der Waals surface area contributed by atoms with E-state index in [0.29, 0.717) is 33.0 Å². The van der Waals surface area contributed by atoms with Gasteiger partial charge in [-0.2, -0.15) is 0 Å². The third-order valence-electron chi connectivity index (χ3n) is 2.90. The number of halogens is 2. The molecular weight excluding hydrogens is 319 g/mol. The molecule has 2 nitrogen and oxygen atoms in total. The van der Waals surface area contributed by atoms with Crippen LogP contribution in [0.15, 0.2) is 72.8 Å². The Morgan fingerprint density at radius 3 is 1.32 bits per heavy atom. The third kappa shape index (κ3) is 3.94. The van der Waals surface area contributed by atoms with Crippen molar-refractivity contribution < 1.29 is 9.47 Å². The molecule has 0 saturated heterocycles. The Kier molecular flexibility index (Phi) is 4.52. The fraction of sp³-hybridized carbons (Fsp3) is 0. The van der Waals surface area contributed by atoms with Crippen LogP contribution in [0.2, 0.25) is 10.0 Å². The highest BCUT2D eigenvalue weighted by molar-refractivity contribution is 6.30. The summed E-state index contributed by atoms with van der Waals surface area (Å²) in [6, 6.07) is 21.8. The van der Waals surface area contributed by atoms with Crippen molar-refractivity contribution in [3.8, 4) is 23.0 Å². The molecule has 0 aliphatic carbocycles. The number of ether oxygens (including phenoxy) is 2. The summed E-state index contributed by atoms with van der Waals surface area (Å²) in [6.07, 6.45) is 0. The van der Waals surface area contributed by atoms with Gasteiger partial charge in [-0.15, -0.1) is 0 Å². The van der Waals surface area contributed by atoms with Crippen LogP contribution >= 0.6 is 23.2 Å². The molecular formula is C18H12Cl2O2. The smallest absolute Gasteiger partial charge is 0.131 e. The Morgan fingerprint density at radius 1 is 0.500 bits per heavy atom. The van der Waals surface area contributed by atoms with Crippen LogP contribution in [0.5, 0.6) is 23.0 Å². The van der Waals surface area contributed by atoms with Crippen LogP contribution in [-0.4, -0.2) is 0 Å². The van der Waals surface area contributed by atoms with E-state index in [2.05, 4.69) is 0 Å². The lowest BCUT2D eigenvalue weighted by Gasteiger charge is -2.09. The minimum atomic E-state index is 0.673. The van der Waals surface area contributed by atoms with E-state index in [1.54, 1.807) is 24.3 Å². The number of hydrogen-bond acceptors (Lipinski definition) is 2. The van der Waals surface area contributed by atoms with Crippen LogP contribution in [0.3, 0.4) is 0 Å². The van der Waals surface area contributed by atoms with Crippen LogP contribution in [0.4, 0.5) is 0 Å². The molecule has 3 aromatic carbocycles. The summed E-state index contributed by atoms with van der Waals surface area (Å²) in [4.78, 5) is 0. The highest BCUT2D eigenvalue weighted by Crippen LogP contribution is 2.29. The lowest BCUT2D eigenvalue weighted by molar-refractivity contribution is 0.460. The molecule has 0 aliphatic rings. The van der Waals surface area contributed by atoms with Crippen LogP contribution in [0, 0.1) is 0 Å². The fourth-order valence-electron chi connectivity index (χ4n) is 1.88. The average molecular weight is 331 g/mol. The number of hydrogen-bond donors (Lipinski definition) is 0. The predicted octanol–water partition coefficient (Wildman–Crippen LogP) is 6.58. The Bertz CT molecular complexity index is 690. The van der Waals surface area contributed by atoms with Gasteiger partial charge in [0.2, 0.25) is 0 Å². The van der Waals surface area contributed by atoms with Crippen LogP contribution in [0.25, 0.3) is 0 Å². The zero-order valence-electron chi connectivity index (χ0n) is 11.5. The van der Waals surface area contributed by atoms with Crippen molar-refractivity contribution >= 4 is 23.2 Å². The molecule has 0 unspecified atom stereocenters. The molecule has 22 heavy (non-hydrogen) atoms. The normalized spacial score (nSPS) is 10.3. The summed E-state index contributed by atoms with van der Waals surface area (Å²) in [6.45, 7) is 0. The van der Waals surface area contributed by atoms with E-state index < -0.39 is 0 Å². The van der Waals surface area contributed by atoms with Gasteiger partial charge < -0.3 is 9.47 Å². The van der Waals surface area contributed by atoms with Gasteiger partial charge in [0.05, 0.1) is 0 Å². The first-order valence-electron chi connectivity index (χ1n) is 6.66. The molecule has 0 heterocycles. The van der Waals surface area contributed by atoms with Crippen LogP contribution in [-0.2, 0) is 0 Å². The van der Waals surface area contributed by atoms with E-state index in [1.807, 2.05) is 48.5 Å². The molecule has 0 bridgehead atoms. The first-order valence-corrected chi connectivity index (χ1v) is 7.41. The fourth-order valence-corrected chi connectivity index (χ4v) is 2.13. The van der Waals surface area contributed by atoms with Gasteiger partial charge in [-0.3, -0.25) is 0 Å². The summed E-state index contributed by atoms with van der Waals surface area (Å²) in [5.74, 6) is 2.81. The quantitative estimate of drug-likeness (QED) is 0.538. The van der Waals surface area contributed by atoms with E-state index >= 15 is 0 Å². The Hall–Kier alpha value is -2.16. The highest BCUT2D eigenvalue weighted by Gasteiger charge is 2.02. The second kappa shape index (κ2) is 6.73. The van der Waals surface area contributed by atoms with Crippen molar-refractivity contribution in [3.63, 3.8) is 0 Å². The van der Waals surface area contributed by atoms with E-state index in [4.69, 9.17) is 32.7 Å².